The second-order valence-electron chi connectivity index (χ2n) is 3.88. The van der Waals surface area contributed by atoms with E-state index in [4.69, 9.17) is 0 Å². The number of nitrogens with one attached hydrogen (secondary N) is 3. The van der Waals surface area contributed by atoms with Crippen LogP contribution in [-0.4, -0.2) is 24.2 Å². The molecule has 18 heavy (non-hydrogen) atoms. The molecule has 0 radical (unpaired) electrons. The van der Waals surface area contributed by atoms with Crippen molar-refractivity contribution in [3.05, 3.63) is 30.3 Å². The summed E-state index contributed by atoms with van der Waals surface area (Å²) in [5.41, 5.74) is 3.77. The van der Waals surface area contributed by atoms with E-state index in [9.17, 15) is 9.59 Å². The lowest BCUT2D eigenvalue weighted by Crippen LogP contribution is -2.28. The van der Waals surface area contributed by atoms with Gasteiger partial charge in [0.15, 0.2) is 0 Å². The van der Waals surface area contributed by atoms with E-state index < -0.39 is 12.1 Å². The Kier molecular flexibility index (Phi) is 3.90. The number of hydrazone groups is 1. The maximum Gasteiger partial charge on any atom is 0.322 e. The maximum atomic E-state index is 11.2. The van der Waals surface area contributed by atoms with Crippen molar-refractivity contribution in [1.82, 2.24) is 10.6 Å². The highest BCUT2D eigenvalue weighted by atomic mass is 16.2. The summed E-state index contributed by atoms with van der Waals surface area (Å²) in [4.78, 5) is 22.1. The molecular weight excluding hydrogens is 232 g/mol. The maximum absolute atomic E-state index is 11.2. The molecule has 0 spiro atoms. The van der Waals surface area contributed by atoms with Crippen molar-refractivity contribution in [2.45, 2.75) is 18.9 Å². The molecular formula is C12H14N4O2. The molecule has 3 amide bonds. The number of carbonyl (C=O) groups excluding carboxylic acids is 2. The number of urea groups is 1. The van der Waals surface area contributed by atoms with Crippen LogP contribution in [0.4, 0.5) is 10.5 Å². The van der Waals surface area contributed by atoms with Crippen LogP contribution in [0.1, 0.15) is 12.8 Å². The first-order chi connectivity index (χ1) is 8.75. The van der Waals surface area contributed by atoms with Crippen LogP contribution >= 0.6 is 0 Å². The van der Waals surface area contributed by atoms with Crippen LogP contribution in [0, 0.1) is 0 Å². The minimum absolute atomic E-state index is 0.274. The molecule has 6 heteroatoms. The Labute approximate surface area is 104 Å². The number of anilines is 1. The SMILES string of the molecule is O=C1NC(=O)C(CC/C=N\Nc2ccccc2)N1. The largest absolute Gasteiger partial charge is 0.326 e. The monoisotopic (exact) mass is 246 g/mol. The van der Waals surface area contributed by atoms with Gasteiger partial charge in [-0.2, -0.15) is 5.10 Å². The molecule has 0 saturated carbocycles. The van der Waals surface area contributed by atoms with Gasteiger partial charge < -0.3 is 5.32 Å². The van der Waals surface area contributed by atoms with E-state index >= 15 is 0 Å². The van der Waals surface area contributed by atoms with Crippen molar-refractivity contribution in [2.24, 2.45) is 5.10 Å². The minimum atomic E-state index is -0.444. The van der Waals surface area contributed by atoms with Crippen LogP contribution in [0.2, 0.25) is 0 Å². The van der Waals surface area contributed by atoms with Gasteiger partial charge in [0.1, 0.15) is 6.04 Å². The zero-order valence-corrected chi connectivity index (χ0v) is 9.72. The highest BCUT2D eigenvalue weighted by Gasteiger charge is 2.28. The van der Waals surface area contributed by atoms with E-state index in [1.165, 1.54) is 0 Å². The van der Waals surface area contributed by atoms with Gasteiger partial charge in [-0.15, -0.1) is 0 Å². The lowest BCUT2D eigenvalue weighted by molar-refractivity contribution is -0.120. The Morgan fingerprint density at radius 3 is 2.72 bits per heavy atom. The highest BCUT2D eigenvalue weighted by molar-refractivity contribution is 6.04. The molecule has 1 aromatic carbocycles. The standard InChI is InChI=1S/C12H14N4O2/c17-11-10(14-12(18)15-11)7-4-8-13-16-9-5-2-1-3-6-9/h1-3,5-6,8,10,16H,4,7H2,(H2,14,15,17,18)/b13-8-. The van der Waals surface area contributed by atoms with Gasteiger partial charge in [0.2, 0.25) is 0 Å². The third kappa shape index (κ3) is 3.31. The number of hydrogen-bond acceptors (Lipinski definition) is 4. The first-order valence-corrected chi connectivity index (χ1v) is 5.69. The topological polar surface area (TPSA) is 82.6 Å². The minimum Gasteiger partial charge on any atom is -0.326 e. The number of benzene rings is 1. The Morgan fingerprint density at radius 2 is 2.06 bits per heavy atom. The molecule has 1 unspecified atom stereocenters. The fraction of sp³-hybridized carbons (Fsp3) is 0.250. The molecule has 0 bridgehead atoms. The van der Waals surface area contributed by atoms with Crippen LogP contribution in [0.25, 0.3) is 0 Å². The van der Waals surface area contributed by atoms with Gasteiger partial charge in [0, 0.05) is 6.21 Å². The summed E-state index contributed by atoms with van der Waals surface area (Å²) in [6, 6.07) is 8.69. The number of rotatable bonds is 5. The summed E-state index contributed by atoms with van der Waals surface area (Å²) in [5, 5.41) is 8.74. The van der Waals surface area contributed by atoms with E-state index in [1.54, 1.807) is 6.21 Å². The van der Waals surface area contributed by atoms with Crippen molar-refractivity contribution in [3.8, 4) is 0 Å². The normalized spacial score (nSPS) is 18.8. The van der Waals surface area contributed by atoms with Crippen LogP contribution in [0.3, 0.4) is 0 Å². The lowest BCUT2D eigenvalue weighted by Gasteiger charge is -2.03. The van der Waals surface area contributed by atoms with Gasteiger partial charge in [0.25, 0.3) is 5.91 Å². The van der Waals surface area contributed by atoms with Crippen LogP contribution in [0.5, 0.6) is 0 Å². The second kappa shape index (κ2) is 5.81. The number of hydrogen-bond donors (Lipinski definition) is 3. The molecule has 1 saturated heterocycles. The summed E-state index contributed by atoms with van der Waals surface area (Å²) in [6.45, 7) is 0. The Morgan fingerprint density at radius 1 is 1.28 bits per heavy atom. The van der Waals surface area contributed by atoms with Crippen LogP contribution in [0.15, 0.2) is 35.4 Å². The predicted molar refractivity (Wildman–Crippen MR) is 68.3 cm³/mol. The molecule has 6 nitrogen and oxygen atoms in total. The molecule has 0 aliphatic carbocycles. The molecule has 1 aliphatic heterocycles. The number of amides is 3. The van der Waals surface area contributed by atoms with Crippen molar-refractivity contribution in [2.75, 3.05) is 5.43 Å². The zero-order valence-electron chi connectivity index (χ0n) is 9.72. The first-order valence-electron chi connectivity index (χ1n) is 5.69. The van der Waals surface area contributed by atoms with Crippen molar-refractivity contribution >= 4 is 23.8 Å². The summed E-state index contributed by atoms with van der Waals surface area (Å²) in [7, 11) is 0. The molecule has 0 aromatic heterocycles. The van der Waals surface area contributed by atoms with Gasteiger partial charge in [-0.05, 0) is 25.0 Å². The fourth-order valence-corrected chi connectivity index (χ4v) is 1.60. The van der Waals surface area contributed by atoms with E-state index in [0.29, 0.717) is 12.8 Å². The number of carbonyl (C=O) groups is 2. The lowest BCUT2D eigenvalue weighted by atomic mass is 10.2. The Balaban J connectivity index is 1.69. The smallest absolute Gasteiger partial charge is 0.322 e. The predicted octanol–water partition coefficient (Wildman–Crippen LogP) is 1.07. The number of para-hydroxylation sites is 1. The van der Waals surface area contributed by atoms with E-state index in [2.05, 4.69) is 21.2 Å². The third-order valence-corrected chi connectivity index (χ3v) is 2.50. The average molecular weight is 246 g/mol. The van der Waals surface area contributed by atoms with Gasteiger partial charge in [-0.25, -0.2) is 4.79 Å². The van der Waals surface area contributed by atoms with Gasteiger partial charge >= 0.3 is 6.03 Å². The van der Waals surface area contributed by atoms with Crippen molar-refractivity contribution < 1.29 is 9.59 Å². The molecule has 3 N–H and O–H groups in total. The Bertz CT molecular complexity index is 458. The average Bonchev–Trinajstić information content (AvgIpc) is 2.69. The van der Waals surface area contributed by atoms with Gasteiger partial charge in [-0.1, -0.05) is 18.2 Å². The van der Waals surface area contributed by atoms with Crippen molar-refractivity contribution in [1.29, 1.82) is 0 Å². The van der Waals surface area contributed by atoms with E-state index in [-0.39, 0.29) is 5.91 Å². The fourth-order valence-electron chi connectivity index (χ4n) is 1.60. The summed E-state index contributed by atoms with van der Waals surface area (Å²) < 4.78 is 0. The first kappa shape index (κ1) is 12.1. The van der Waals surface area contributed by atoms with Gasteiger partial charge in [-0.3, -0.25) is 15.5 Å². The molecule has 94 valence electrons. The number of imide groups is 1. The number of nitrogens with zero attached hydrogens (tertiary/aromatic N) is 1. The van der Waals surface area contributed by atoms with Crippen LogP contribution in [-0.2, 0) is 4.79 Å². The summed E-state index contributed by atoms with van der Waals surface area (Å²) >= 11 is 0. The van der Waals surface area contributed by atoms with Crippen molar-refractivity contribution in [3.63, 3.8) is 0 Å². The molecule has 1 heterocycles. The third-order valence-electron chi connectivity index (χ3n) is 2.50. The molecule has 2 rings (SSSR count). The van der Waals surface area contributed by atoms with E-state index in [0.717, 1.165) is 5.69 Å². The molecule has 1 aromatic rings. The van der Waals surface area contributed by atoms with Crippen LogP contribution < -0.4 is 16.1 Å². The van der Waals surface area contributed by atoms with Gasteiger partial charge in [0.05, 0.1) is 5.69 Å². The quantitative estimate of drug-likeness (QED) is 0.413. The highest BCUT2D eigenvalue weighted by Crippen LogP contribution is 2.04. The molecule has 1 atom stereocenters. The zero-order chi connectivity index (χ0) is 12.8. The molecule has 1 fully saturated rings. The molecule has 1 aliphatic rings. The summed E-state index contributed by atoms with van der Waals surface area (Å²) in [6.07, 6.45) is 2.83. The van der Waals surface area contributed by atoms with E-state index in [1.807, 2.05) is 30.3 Å². The Hall–Kier alpha value is -2.37. The second-order valence-corrected chi connectivity index (χ2v) is 3.88. The summed E-state index contributed by atoms with van der Waals surface area (Å²) in [5.74, 6) is -0.274.